The number of hydrogen-bond donors (Lipinski definition) is 1. The number of unbranched alkanes of at least 4 members (excludes halogenated alkanes) is 1. The zero-order valence-corrected chi connectivity index (χ0v) is 13.0. The van der Waals surface area contributed by atoms with Crippen molar-refractivity contribution in [2.45, 2.75) is 47.1 Å². The van der Waals surface area contributed by atoms with Gasteiger partial charge in [-0.3, -0.25) is 0 Å². The minimum absolute atomic E-state index is 0.899. The van der Waals surface area contributed by atoms with Gasteiger partial charge in [0.25, 0.3) is 0 Å². The molecule has 2 aromatic rings. The molecule has 3 nitrogen and oxygen atoms in total. The Morgan fingerprint density at radius 1 is 1.15 bits per heavy atom. The quantitative estimate of drug-likeness (QED) is 0.812. The third-order valence-electron chi connectivity index (χ3n) is 3.87. The van der Waals surface area contributed by atoms with Crippen molar-refractivity contribution in [3.8, 4) is 5.69 Å². The van der Waals surface area contributed by atoms with E-state index in [0.29, 0.717) is 0 Å². The van der Waals surface area contributed by atoms with Crippen LogP contribution in [0.5, 0.6) is 0 Å². The van der Waals surface area contributed by atoms with E-state index < -0.39 is 0 Å². The fraction of sp³-hybridized carbons (Fsp3) is 0.471. The van der Waals surface area contributed by atoms with E-state index in [9.17, 15) is 0 Å². The number of benzene rings is 1. The summed E-state index contributed by atoms with van der Waals surface area (Å²) in [5.41, 5.74) is 6.27. The Morgan fingerprint density at radius 3 is 2.65 bits per heavy atom. The molecule has 3 heteroatoms. The molecule has 0 atom stereocenters. The topological polar surface area (TPSA) is 29.9 Å². The molecular weight excluding hydrogens is 246 g/mol. The molecule has 0 unspecified atom stereocenters. The fourth-order valence-corrected chi connectivity index (χ4v) is 2.26. The predicted molar refractivity (Wildman–Crippen MR) is 84.4 cm³/mol. The Bertz CT molecular complexity index is 570. The zero-order valence-electron chi connectivity index (χ0n) is 13.0. The molecule has 0 radical (unpaired) electrons. The summed E-state index contributed by atoms with van der Waals surface area (Å²) in [5.74, 6) is 0. The van der Waals surface area contributed by atoms with E-state index in [0.717, 1.165) is 18.8 Å². The standard InChI is InChI=1S/C17H25N3/c1-5-6-9-18-11-16-12-19-20(15(16)4)17-8-7-13(2)14(3)10-17/h7-8,10,12,18H,5-6,9,11H2,1-4H3. The molecule has 0 fully saturated rings. The van der Waals surface area contributed by atoms with Gasteiger partial charge in [0.05, 0.1) is 11.9 Å². The zero-order chi connectivity index (χ0) is 14.5. The minimum Gasteiger partial charge on any atom is -0.313 e. The van der Waals surface area contributed by atoms with Crippen LogP contribution in [0.1, 0.15) is 42.1 Å². The van der Waals surface area contributed by atoms with E-state index in [1.165, 1.54) is 35.2 Å². The second kappa shape index (κ2) is 6.71. The van der Waals surface area contributed by atoms with Gasteiger partial charge in [0, 0.05) is 17.8 Å². The van der Waals surface area contributed by atoms with Gasteiger partial charge in [-0.25, -0.2) is 4.68 Å². The lowest BCUT2D eigenvalue weighted by atomic mass is 10.1. The molecular formula is C17H25N3. The Hall–Kier alpha value is -1.61. The average molecular weight is 271 g/mol. The first kappa shape index (κ1) is 14.8. The summed E-state index contributed by atoms with van der Waals surface area (Å²) >= 11 is 0. The van der Waals surface area contributed by atoms with Crippen LogP contribution in [-0.4, -0.2) is 16.3 Å². The van der Waals surface area contributed by atoms with Crippen molar-refractivity contribution >= 4 is 0 Å². The molecule has 1 aromatic carbocycles. The highest BCUT2D eigenvalue weighted by Crippen LogP contribution is 2.17. The Balaban J connectivity index is 2.13. The van der Waals surface area contributed by atoms with Crippen molar-refractivity contribution in [2.75, 3.05) is 6.54 Å². The highest BCUT2D eigenvalue weighted by atomic mass is 15.3. The summed E-state index contributed by atoms with van der Waals surface area (Å²) in [6, 6.07) is 6.49. The molecule has 20 heavy (non-hydrogen) atoms. The summed E-state index contributed by atoms with van der Waals surface area (Å²) in [4.78, 5) is 0. The normalized spacial score (nSPS) is 11.0. The van der Waals surface area contributed by atoms with Crippen LogP contribution in [0, 0.1) is 20.8 Å². The van der Waals surface area contributed by atoms with Gasteiger partial charge in [-0.2, -0.15) is 5.10 Å². The van der Waals surface area contributed by atoms with E-state index in [4.69, 9.17) is 0 Å². The highest BCUT2D eigenvalue weighted by molar-refractivity contribution is 5.41. The summed E-state index contributed by atoms with van der Waals surface area (Å²) in [7, 11) is 0. The van der Waals surface area contributed by atoms with Crippen molar-refractivity contribution in [3.05, 3.63) is 46.8 Å². The number of nitrogens with one attached hydrogen (secondary N) is 1. The predicted octanol–water partition coefficient (Wildman–Crippen LogP) is 3.69. The Labute approximate surface area is 122 Å². The van der Waals surface area contributed by atoms with Gasteiger partial charge in [0.2, 0.25) is 0 Å². The van der Waals surface area contributed by atoms with E-state index in [1.54, 1.807) is 0 Å². The Morgan fingerprint density at radius 2 is 1.95 bits per heavy atom. The van der Waals surface area contributed by atoms with Gasteiger partial charge in [-0.15, -0.1) is 0 Å². The molecule has 0 saturated heterocycles. The molecule has 1 heterocycles. The number of nitrogens with zero attached hydrogens (tertiary/aromatic N) is 2. The first-order valence-corrected chi connectivity index (χ1v) is 7.45. The van der Waals surface area contributed by atoms with Crippen LogP contribution >= 0.6 is 0 Å². The Kier molecular flexibility index (Phi) is 4.96. The van der Waals surface area contributed by atoms with Gasteiger partial charge in [0.15, 0.2) is 0 Å². The largest absolute Gasteiger partial charge is 0.313 e. The first-order chi connectivity index (χ1) is 9.63. The van der Waals surface area contributed by atoms with Gasteiger partial charge in [-0.05, 0) is 57.0 Å². The SMILES string of the molecule is CCCCNCc1cnn(-c2ccc(C)c(C)c2)c1C. The molecule has 0 aliphatic rings. The molecule has 0 aliphatic carbocycles. The molecule has 108 valence electrons. The number of rotatable bonds is 6. The molecule has 0 amide bonds. The van der Waals surface area contributed by atoms with Crippen molar-refractivity contribution in [3.63, 3.8) is 0 Å². The van der Waals surface area contributed by atoms with Crippen LogP contribution in [0.2, 0.25) is 0 Å². The van der Waals surface area contributed by atoms with Crippen LogP contribution in [-0.2, 0) is 6.54 Å². The van der Waals surface area contributed by atoms with Crippen molar-refractivity contribution in [1.82, 2.24) is 15.1 Å². The molecule has 0 saturated carbocycles. The molecule has 0 bridgehead atoms. The van der Waals surface area contributed by atoms with Crippen molar-refractivity contribution in [2.24, 2.45) is 0 Å². The second-order valence-electron chi connectivity index (χ2n) is 5.47. The maximum Gasteiger partial charge on any atom is 0.0651 e. The van der Waals surface area contributed by atoms with Gasteiger partial charge in [0.1, 0.15) is 0 Å². The van der Waals surface area contributed by atoms with Crippen LogP contribution in [0.25, 0.3) is 5.69 Å². The third kappa shape index (κ3) is 3.28. The van der Waals surface area contributed by atoms with Crippen LogP contribution < -0.4 is 5.32 Å². The number of aryl methyl sites for hydroxylation is 2. The lowest BCUT2D eigenvalue weighted by molar-refractivity contribution is 0.639. The van der Waals surface area contributed by atoms with E-state index in [1.807, 2.05) is 10.9 Å². The third-order valence-corrected chi connectivity index (χ3v) is 3.87. The lowest BCUT2D eigenvalue weighted by Crippen LogP contribution is -2.14. The monoisotopic (exact) mass is 271 g/mol. The minimum atomic E-state index is 0.899. The smallest absolute Gasteiger partial charge is 0.0651 e. The summed E-state index contributed by atoms with van der Waals surface area (Å²) in [6.45, 7) is 10.6. The van der Waals surface area contributed by atoms with Gasteiger partial charge in [-0.1, -0.05) is 19.4 Å². The number of aromatic nitrogens is 2. The molecule has 1 N–H and O–H groups in total. The van der Waals surface area contributed by atoms with E-state index in [-0.39, 0.29) is 0 Å². The van der Waals surface area contributed by atoms with Crippen molar-refractivity contribution in [1.29, 1.82) is 0 Å². The second-order valence-corrected chi connectivity index (χ2v) is 5.47. The molecule has 1 aromatic heterocycles. The molecule has 0 spiro atoms. The summed E-state index contributed by atoms with van der Waals surface area (Å²) in [6.07, 6.45) is 4.43. The fourth-order valence-electron chi connectivity index (χ4n) is 2.26. The van der Waals surface area contributed by atoms with Gasteiger partial charge < -0.3 is 5.32 Å². The average Bonchev–Trinajstić information content (AvgIpc) is 2.80. The lowest BCUT2D eigenvalue weighted by Gasteiger charge is -2.08. The van der Waals surface area contributed by atoms with Crippen molar-refractivity contribution < 1.29 is 0 Å². The van der Waals surface area contributed by atoms with Crippen LogP contribution in [0.4, 0.5) is 0 Å². The maximum absolute atomic E-state index is 4.53. The molecule has 0 aliphatic heterocycles. The maximum atomic E-state index is 4.53. The highest BCUT2D eigenvalue weighted by Gasteiger charge is 2.08. The van der Waals surface area contributed by atoms with Crippen LogP contribution in [0.15, 0.2) is 24.4 Å². The van der Waals surface area contributed by atoms with Crippen LogP contribution in [0.3, 0.4) is 0 Å². The van der Waals surface area contributed by atoms with E-state index >= 15 is 0 Å². The van der Waals surface area contributed by atoms with Gasteiger partial charge >= 0.3 is 0 Å². The first-order valence-electron chi connectivity index (χ1n) is 7.45. The van der Waals surface area contributed by atoms with E-state index in [2.05, 4.69) is 56.3 Å². The summed E-state index contributed by atoms with van der Waals surface area (Å²) < 4.78 is 2.03. The number of hydrogen-bond acceptors (Lipinski definition) is 2. The summed E-state index contributed by atoms with van der Waals surface area (Å²) in [5, 5.41) is 8.01. The molecule has 2 rings (SSSR count).